The summed E-state index contributed by atoms with van der Waals surface area (Å²) in [6, 6.07) is 5.91. The molecule has 3 heterocycles. The number of aromatic nitrogens is 2. The van der Waals surface area contributed by atoms with E-state index in [4.69, 9.17) is 0 Å². The van der Waals surface area contributed by atoms with Crippen molar-refractivity contribution in [2.75, 3.05) is 6.54 Å². The van der Waals surface area contributed by atoms with Crippen molar-refractivity contribution in [3.63, 3.8) is 0 Å². The van der Waals surface area contributed by atoms with Crippen molar-refractivity contribution in [2.45, 2.75) is 19.5 Å². The SMILES string of the molecule is Cc1nc(-c2ccc(CCNC(=O)c3ccc(C(F)(F)F)nc3)s2)cs1. The fourth-order valence-corrected chi connectivity index (χ4v) is 3.88. The summed E-state index contributed by atoms with van der Waals surface area (Å²) in [6.07, 6.45) is -2.94. The number of nitrogens with one attached hydrogen (secondary N) is 1. The molecule has 0 bridgehead atoms. The van der Waals surface area contributed by atoms with Crippen molar-refractivity contribution < 1.29 is 18.0 Å². The topological polar surface area (TPSA) is 54.9 Å². The maximum Gasteiger partial charge on any atom is 0.433 e. The van der Waals surface area contributed by atoms with Crippen LogP contribution in [0.5, 0.6) is 0 Å². The number of alkyl halides is 3. The van der Waals surface area contributed by atoms with E-state index >= 15 is 0 Å². The van der Waals surface area contributed by atoms with Crippen molar-refractivity contribution in [3.05, 3.63) is 57.0 Å². The molecule has 1 N–H and O–H groups in total. The molecule has 0 saturated heterocycles. The first kappa shape index (κ1) is 18.5. The average molecular weight is 397 g/mol. The number of nitrogens with zero attached hydrogens (tertiary/aromatic N) is 2. The lowest BCUT2D eigenvalue weighted by atomic mass is 10.2. The Kier molecular flexibility index (Phi) is 5.38. The van der Waals surface area contributed by atoms with Gasteiger partial charge in [0.2, 0.25) is 0 Å². The number of rotatable bonds is 5. The molecule has 1 amide bonds. The Morgan fingerprint density at radius 1 is 1.23 bits per heavy atom. The van der Waals surface area contributed by atoms with Crippen LogP contribution in [0.1, 0.15) is 25.9 Å². The van der Waals surface area contributed by atoms with E-state index in [2.05, 4.69) is 15.3 Å². The van der Waals surface area contributed by atoms with E-state index in [9.17, 15) is 18.0 Å². The average Bonchev–Trinajstić information content (AvgIpc) is 3.23. The summed E-state index contributed by atoms with van der Waals surface area (Å²) in [5.74, 6) is -0.446. The summed E-state index contributed by atoms with van der Waals surface area (Å²) in [4.78, 5) is 21.9. The standard InChI is InChI=1S/C17H14F3N3OS2/c1-10-23-13(9-25-10)14-4-3-12(26-14)6-7-21-16(24)11-2-5-15(22-8-11)17(18,19)20/h2-5,8-9H,6-7H2,1H3,(H,21,24). The van der Waals surface area contributed by atoms with Crippen LogP contribution in [0, 0.1) is 6.92 Å². The van der Waals surface area contributed by atoms with Crippen LogP contribution in [0.15, 0.2) is 35.8 Å². The van der Waals surface area contributed by atoms with Crippen molar-refractivity contribution in [2.24, 2.45) is 0 Å². The van der Waals surface area contributed by atoms with Gasteiger partial charge in [0.25, 0.3) is 5.91 Å². The van der Waals surface area contributed by atoms with Crippen LogP contribution in [-0.4, -0.2) is 22.4 Å². The van der Waals surface area contributed by atoms with Gasteiger partial charge in [-0.25, -0.2) is 4.98 Å². The highest BCUT2D eigenvalue weighted by molar-refractivity contribution is 7.16. The van der Waals surface area contributed by atoms with Crippen molar-refractivity contribution in [3.8, 4) is 10.6 Å². The number of hydrogen-bond acceptors (Lipinski definition) is 5. The van der Waals surface area contributed by atoms with Gasteiger partial charge in [-0.2, -0.15) is 13.2 Å². The van der Waals surface area contributed by atoms with E-state index in [1.54, 1.807) is 22.7 Å². The molecule has 0 aliphatic heterocycles. The van der Waals surface area contributed by atoms with Gasteiger partial charge < -0.3 is 5.32 Å². The molecule has 0 unspecified atom stereocenters. The maximum absolute atomic E-state index is 12.5. The number of thiazole rings is 1. The summed E-state index contributed by atoms with van der Waals surface area (Å²) in [5, 5.41) is 5.70. The lowest BCUT2D eigenvalue weighted by molar-refractivity contribution is -0.141. The number of thiophene rings is 1. The van der Waals surface area contributed by atoms with E-state index in [1.807, 2.05) is 24.4 Å². The predicted octanol–water partition coefficient (Wildman–Crippen LogP) is 4.57. The molecule has 4 nitrogen and oxygen atoms in total. The molecular weight excluding hydrogens is 383 g/mol. The number of hydrogen-bond donors (Lipinski definition) is 1. The Balaban J connectivity index is 1.53. The number of carbonyl (C=O) groups is 1. The highest BCUT2D eigenvalue weighted by Crippen LogP contribution is 2.29. The van der Waals surface area contributed by atoms with Crippen LogP contribution in [0.25, 0.3) is 10.6 Å². The summed E-state index contributed by atoms with van der Waals surface area (Å²) >= 11 is 3.20. The summed E-state index contributed by atoms with van der Waals surface area (Å²) in [6.45, 7) is 2.34. The number of pyridine rings is 1. The Morgan fingerprint density at radius 2 is 2.04 bits per heavy atom. The molecule has 0 spiro atoms. The Bertz CT molecular complexity index is 901. The predicted molar refractivity (Wildman–Crippen MR) is 95.4 cm³/mol. The monoisotopic (exact) mass is 397 g/mol. The Morgan fingerprint density at radius 3 is 2.65 bits per heavy atom. The first-order valence-corrected chi connectivity index (χ1v) is 9.35. The zero-order valence-electron chi connectivity index (χ0n) is 13.6. The molecule has 0 radical (unpaired) electrons. The van der Waals surface area contributed by atoms with Gasteiger partial charge in [0.05, 0.1) is 21.1 Å². The van der Waals surface area contributed by atoms with Crippen molar-refractivity contribution in [1.29, 1.82) is 0 Å². The largest absolute Gasteiger partial charge is 0.433 e. The van der Waals surface area contributed by atoms with E-state index in [0.29, 0.717) is 13.0 Å². The molecule has 3 rings (SSSR count). The number of halogens is 3. The number of carbonyl (C=O) groups excluding carboxylic acids is 1. The van der Waals surface area contributed by atoms with Gasteiger partial charge in [0, 0.05) is 23.0 Å². The first-order valence-electron chi connectivity index (χ1n) is 7.65. The second-order valence-corrected chi connectivity index (χ2v) is 7.68. The van der Waals surface area contributed by atoms with Crippen molar-refractivity contribution >= 4 is 28.6 Å². The smallest absolute Gasteiger partial charge is 0.352 e. The number of aryl methyl sites for hydroxylation is 1. The molecule has 0 atom stereocenters. The summed E-state index contributed by atoms with van der Waals surface area (Å²) < 4.78 is 37.4. The van der Waals surface area contributed by atoms with Crippen LogP contribution in [0.4, 0.5) is 13.2 Å². The third-order valence-corrected chi connectivity index (χ3v) is 5.45. The van der Waals surface area contributed by atoms with Gasteiger partial charge in [-0.3, -0.25) is 9.78 Å². The fourth-order valence-electron chi connectivity index (χ4n) is 2.22. The second kappa shape index (κ2) is 7.55. The van der Waals surface area contributed by atoms with Gasteiger partial charge in [-0.05, 0) is 37.6 Å². The maximum atomic E-state index is 12.5. The highest BCUT2D eigenvalue weighted by atomic mass is 32.1. The molecule has 9 heteroatoms. The first-order chi connectivity index (χ1) is 12.3. The lowest BCUT2D eigenvalue weighted by Gasteiger charge is -2.07. The Hall–Kier alpha value is -2.26. The minimum atomic E-state index is -4.51. The van der Waals surface area contributed by atoms with E-state index in [1.165, 1.54) is 0 Å². The number of amides is 1. The summed E-state index contributed by atoms with van der Waals surface area (Å²) in [5.41, 5.74) is 0.0314. The van der Waals surface area contributed by atoms with Gasteiger partial charge in [-0.1, -0.05) is 0 Å². The molecule has 0 aromatic carbocycles. The Labute approximate surface area is 155 Å². The third-order valence-electron chi connectivity index (χ3n) is 3.51. The second-order valence-electron chi connectivity index (χ2n) is 5.45. The van der Waals surface area contributed by atoms with Gasteiger partial charge in [-0.15, -0.1) is 22.7 Å². The van der Waals surface area contributed by atoms with Crippen LogP contribution in [-0.2, 0) is 12.6 Å². The van der Waals surface area contributed by atoms with Crippen LogP contribution in [0.3, 0.4) is 0 Å². The zero-order valence-corrected chi connectivity index (χ0v) is 15.3. The van der Waals surface area contributed by atoms with Crippen molar-refractivity contribution in [1.82, 2.24) is 15.3 Å². The molecule has 0 aliphatic carbocycles. The summed E-state index contributed by atoms with van der Waals surface area (Å²) in [7, 11) is 0. The molecule has 3 aromatic rings. The fraction of sp³-hybridized carbons (Fsp3) is 0.235. The zero-order chi connectivity index (χ0) is 18.7. The molecular formula is C17H14F3N3OS2. The van der Waals surface area contributed by atoms with E-state index < -0.39 is 17.8 Å². The van der Waals surface area contributed by atoms with Crippen LogP contribution >= 0.6 is 22.7 Å². The minimum Gasteiger partial charge on any atom is -0.352 e. The van der Waals surface area contributed by atoms with Gasteiger partial charge in [0.1, 0.15) is 5.69 Å². The van der Waals surface area contributed by atoms with E-state index in [0.717, 1.165) is 38.8 Å². The molecule has 0 fully saturated rings. The van der Waals surface area contributed by atoms with Gasteiger partial charge >= 0.3 is 6.18 Å². The molecule has 0 saturated carbocycles. The minimum absolute atomic E-state index is 0.0998. The highest BCUT2D eigenvalue weighted by Gasteiger charge is 2.32. The molecule has 26 heavy (non-hydrogen) atoms. The third kappa shape index (κ3) is 4.47. The lowest BCUT2D eigenvalue weighted by Crippen LogP contribution is -2.25. The molecule has 3 aromatic heterocycles. The van der Waals surface area contributed by atoms with Crippen LogP contribution < -0.4 is 5.32 Å². The van der Waals surface area contributed by atoms with Crippen LogP contribution in [0.2, 0.25) is 0 Å². The quantitative estimate of drug-likeness (QED) is 0.686. The normalized spacial score (nSPS) is 11.5. The van der Waals surface area contributed by atoms with Gasteiger partial charge in [0.15, 0.2) is 0 Å². The molecule has 0 aliphatic rings. The van der Waals surface area contributed by atoms with E-state index in [-0.39, 0.29) is 5.56 Å². The molecule has 136 valence electrons.